The van der Waals surface area contributed by atoms with Gasteiger partial charge in [0.2, 0.25) is 0 Å². The Morgan fingerprint density at radius 1 is 1.44 bits per heavy atom. The fraction of sp³-hybridized carbons (Fsp3) is 1.00. The van der Waals surface area contributed by atoms with E-state index < -0.39 is 18.1 Å². The van der Waals surface area contributed by atoms with Gasteiger partial charge in [-0.2, -0.15) is 8.78 Å². The van der Waals surface area contributed by atoms with E-state index in [2.05, 4.69) is 0 Å². The fourth-order valence-corrected chi connectivity index (χ4v) is 0.844. The van der Waals surface area contributed by atoms with E-state index in [1.165, 1.54) is 0 Å². The molecule has 0 unspecified atom stereocenters. The van der Waals surface area contributed by atoms with E-state index in [1.54, 1.807) is 0 Å². The van der Waals surface area contributed by atoms with Crippen LogP contribution in [0.3, 0.4) is 0 Å². The molecule has 0 spiro atoms. The van der Waals surface area contributed by atoms with Gasteiger partial charge in [-0.1, -0.05) is 0 Å². The molecular formula is C3H3ClF4S. The highest BCUT2D eigenvalue weighted by atomic mass is 35.7. The summed E-state index contributed by atoms with van der Waals surface area (Å²) in [7, 11) is 4.91. The molecule has 0 bridgehead atoms. The normalized spacial score (nSPS) is 12.7. The minimum Gasteiger partial charge on any atom is -0.204 e. The molecule has 0 rings (SSSR count). The van der Waals surface area contributed by atoms with E-state index in [1.807, 2.05) is 0 Å². The van der Waals surface area contributed by atoms with Crippen molar-refractivity contribution in [2.24, 2.45) is 0 Å². The van der Waals surface area contributed by atoms with Gasteiger partial charge in [0.15, 0.2) is 0 Å². The molecule has 0 N–H and O–H groups in total. The lowest BCUT2D eigenvalue weighted by atomic mass is 10.4. The van der Waals surface area contributed by atoms with Crippen LogP contribution >= 0.6 is 21.7 Å². The molecule has 0 aliphatic heterocycles. The third-order valence-corrected chi connectivity index (χ3v) is 1.39. The minimum absolute atomic E-state index is 0.179. The molecule has 0 aromatic carbocycles. The van der Waals surface area contributed by atoms with Crippen molar-refractivity contribution in [2.75, 3.05) is 5.75 Å². The lowest BCUT2D eigenvalue weighted by Crippen LogP contribution is -2.28. The lowest BCUT2D eigenvalue weighted by molar-refractivity contribution is -0.109. The Balaban J connectivity index is 3.70. The topological polar surface area (TPSA) is 0 Å². The van der Waals surface area contributed by atoms with Crippen LogP contribution in [-0.2, 0) is 0 Å². The van der Waals surface area contributed by atoms with E-state index >= 15 is 0 Å². The van der Waals surface area contributed by atoms with Gasteiger partial charge in [-0.05, 0) is 21.7 Å². The molecule has 56 valence electrons. The van der Waals surface area contributed by atoms with Crippen molar-refractivity contribution < 1.29 is 17.6 Å². The molecule has 0 saturated carbocycles. The van der Waals surface area contributed by atoms with Crippen molar-refractivity contribution in [3.8, 4) is 0 Å². The minimum atomic E-state index is -3.95. The zero-order chi connectivity index (χ0) is 7.49. The van der Waals surface area contributed by atoms with Crippen LogP contribution in [-0.4, -0.2) is 18.1 Å². The Labute approximate surface area is 58.1 Å². The Kier molecular flexibility index (Phi) is 3.65. The van der Waals surface area contributed by atoms with Crippen molar-refractivity contribution in [3.05, 3.63) is 0 Å². The molecule has 0 nitrogen and oxygen atoms in total. The highest BCUT2D eigenvalue weighted by molar-refractivity contribution is 8.21. The first kappa shape index (κ1) is 9.36. The maximum absolute atomic E-state index is 11.7. The van der Waals surface area contributed by atoms with Crippen LogP contribution in [0.15, 0.2) is 0 Å². The zero-order valence-corrected chi connectivity index (χ0v) is 5.65. The van der Waals surface area contributed by atoms with E-state index in [9.17, 15) is 17.6 Å². The van der Waals surface area contributed by atoms with Gasteiger partial charge >= 0.3 is 12.3 Å². The van der Waals surface area contributed by atoms with E-state index in [0.29, 0.717) is 0 Å². The summed E-state index contributed by atoms with van der Waals surface area (Å²) in [4.78, 5) is 0. The van der Waals surface area contributed by atoms with Crippen molar-refractivity contribution in [3.63, 3.8) is 0 Å². The summed E-state index contributed by atoms with van der Waals surface area (Å²) in [5.74, 6) is -5.00. The van der Waals surface area contributed by atoms with Crippen molar-refractivity contribution in [1.82, 2.24) is 0 Å². The summed E-state index contributed by atoms with van der Waals surface area (Å²) in [6.07, 6.45) is -3.62. The van der Waals surface area contributed by atoms with E-state index in [-0.39, 0.29) is 11.0 Å². The number of alkyl halides is 4. The number of hydrogen-bond acceptors (Lipinski definition) is 1. The highest BCUT2D eigenvalue weighted by Gasteiger charge is 2.40. The van der Waals surface area contributed by atoms with Crippen LogP contribution in [0.4, 0.5) is 17.6 Å². The molecule has 0 aliphatic rings. The van der Waals surface area contributed by atoms with Gasteiger partial charge < -0.3 is 0 Å². The molecular weight excluding hydrogens is 180 g/mol. The molecule has 9 heavy (non-hydrogen) atoms. The van der Waals surface area contributed by atoms with Crippen LogP contribution in [0.25, 0.3) is 0 Å². The van der Waals surface area contributed by atoms with E-state index in [0.717, 1.165) is 0 Å². The van der Waals surface area contributed by atoms with Crippen LogP contribution in [0, 0.1) is 0 Å². The number of rotatable bonds is 3. The second-order valence-electron chi connectivity index (χ2n) is 1.32. The Morgan fingerprint density at radius 3 is 2.00 bits per heavy atom. The standard InChI is InChI=1S/C3H3ClF4S/c4-9-1-3(7,8)2(5)6/h2H,1H2. The summed E-state index contributed by atoms with van der Waals surface area (Å²) in [6.45, 7) is 0. The summed E-state index contributed by atoms with van der Waals surface area (Å²) >= 11 is 0. The van der Waals surface area contributed by atoms with E-state index in [4.69, 9.17) is 10.7 Å². The first-order valence-electron chi connectivity index (χ1n) is 1.90. The largest absolute Gasteiger partial charge is 0.317 e. The summed E-state index contributed by atoms with van der Waals surface area (Å²) < 4.78 is 45.7. The van der Waals surface area contributed by atoms with Gasteiger partial charge in [-0.3, -0.25) is 0 Å². The van der Waals surface area contributed by atoms with Crippen molar-refractivity contribution in [2.45, 2.75) is 12.3 Å². The van der Waals surface area contributed by atoms with Crippen molar-refractivity contribution >= 4 is 21.7 Å². The van der Waals surface area contributed by atoms with Gasteiger partial charge in [-0.25, -0.2) is 8.78 Å². The van der Waals surface area contributed by atoms with Gasteiger partial charge in [0.25, 0.3) is 0 Å². The Bertz CT molecular complexity index is 85.9. The van der Waals surface area contributed by atoms with Crippen LogP contribution in [0.1, 0.15) is 0 Å². The van der Waals surface area contributed by atoms with Crippen LogP contribution in [0.2, 0.25) is 0 Å². The zero-order valence-electron chi connectivity index (χ0n) is 4.08. The fourth-order valence-electron chi connectivity index (χ4n) is 0.136. The molecule has 0 aliphatic carbocycles. The third kappa shape index (κ3) is 3.15. The number of hydrogen-bond donors (Lipinski definition) is 0. The summed E-state index contributed by atoms with van der Waals surface area (Å²) in [5.41, 5.74) is 0. The maximum atomic E-state index is 11.7. The van der Waals surface area contributed by atoms with Gasteiger partial charge in [0.05, 0.1) is 5.75 Å². The maximum Gasteiger partial charge on any atom is 0.317 e. The Morgan fingerprint density at radius 2 is 1.89 bits per heavy atom. The van der Waals surface area contributed by atoms with Crippen molar-refractivity contribution in [1.29, 1.82) is 0 Å². The van der Waals surface area contributed by atoms with Crippen LogP contribution < -0.4 is 0 Å². The average molecular weight is 183 g/mol. The molecule has 6 heteroatoms. The second kappa shape index (κ2) is 3.51. The lowest BCUT2D eigenvalue weighted by Gasteiger charge is -2.11. The average Bonchev–Trinajstić information content (AvgIpc) is 1.65. The molecule has 0 amide bonds. The molecule has 0 saturated heterocycles. The summed E-state index contributed by atoms with van der Waals surface area (Å²) in [6, 6.07) is 0. The molecule has 0 heterocycles. The predicted molar refractivity (Wildman–Crippen MR) is 29.3 cm³/mol. The quantitative estimate of drug-likeness (QED) is 0.605. The van der Waals surface area contributed by atoms with Crippen LogP contribution in [0.5, 0.6) is 0 Å². The number of halogens is 5. The van der Waals surface area contributed by atoms with Gasteiger partial charge in [0, 0.05) is 0 Å². The second-order valence-corrected chi connectivity index (χ2v) is 2.48. The first-order valence-corrected chi connectivity index (χ1v) is 3.71. The molecule has 0 atom stereocenters. The SMILES string of the molecule is FC(F)C(F)(F)CSCl. The monoisotopic (exact) mass is 182 g/mol. The Hall–Kier alpha value is 0.360. The first-order chi connectivity index (χ1) is 4.00. The van der Waals surface area contributed by atoms with Gasteiger partial charge in [0.1, 0.15) is 0 Å². The van der Waals surface area contributed by atoms with Gasteiger partial charge in [-0.15, -0.1) is 0 Å². The smallest absolute Gasteiger partial charge is 0.204 e. The predicted octanol–water partition coefficient (Wildman–Crippen LogP) is 2.77. The molecule has 0 aromatic heterocycles. The third-order valence-electron chi connectivity index (χ3n) is 0.566. The molecule has 0 radical (unpaired) electrons. The highest BCUT2D eigenvalue weighted by Crippen LogP contribution is 2.28. The molecule has 0 fully saturated rings. The molecule has 0 aromatic rings. The summed E-state index contributed by atoms with van der Waals surface area (Å²) in [5, 5.41) is 0.